The van der Waals surface area contributed by atoms with Gasteiger partial charge in [0.2, 0.25) is 0 Å². The highest BCUT2D eigenvalue weighted by atomic mass is 19.3. The molecule has 4 rings (SSSR count). The van der Waals surface area contributed by atoms with E-state index in [9.17, 15) is 23.5 Å². The molecule has 2 heterocycles. The van der Waals surface area contributed by atoms with Crippen LogP contribution < -0.4 is 9.64 Å². The molecule has 0 unspecified atom stereocenters. The van der Waals surface area contributed by atoms with Crippen LogP contribution in [0.5, 0.6) is 5.75 Å². The number of para-hydroxylation sites is 2. The standard InChI is InChI=1S/C23H23F2N3O5/c1-13(29)15-8-6-10-17-19(15)32-23(24,25)20(30)27(17)11-14-7-5-9-16-18(14)28(12-26-16)21(31)33-22(2,3)4/h5-10,12-13,29H,11H2,1-4H3/t13-/m0/s1. The van der Waals surface area contributed by atoms with E-state index in [0.29, 0.717) is 16.6 Å². The van der Waals surface area contributed by atoms with Gasteiger partial charge in [-0.3, -0.25) is 9.69 Å². The predicted molar refractivity (Wildman–Crippen MR) is 115 cm³/mol. The van der Waals surface area contributed by atoms with Crippen LogP contribution in [0.2, 0.25) is 0 Å². The predicted octanol–water partition coefficient (Wildman–Crippen LogP) is 4.39. The maximum atomic E-state index is 14.5. The molecule has 0 saturated carbocycles. The van der Waals surface area contributed by atoms with Crippen LogP contribution >= 0.6 is 0 Å². The van der Waals surface area contributed by atoms with Crippen LogP contribution in [-0.2, 0) is 16.1 Å². The second-order valence-corrected chi connectivity index (χ2v) is 8.76. The average Bonchev–Trinajstić information content (AvgIpc) is 3.14. The van der Waals surface area contributed by atoms with Gasteiger partial charge in [-0.05, 0) is 45.4 Å². The van der Waals surface area contributed by atoms with Crippen molar-refractivity contribution in [3.63, 3.8) is 0 Å². The Bertz CT molecular complexity index is 1250. The lowest BCUT2D eigenvalue weighted by Crippen LogP contribution is -2.50. The van der Waals surface area contributed by atoms with Gasteiger partial charge < -0.3 is 14.6 Å². The zero-order chi connectivity index (χ0) is 24.1. The summed E-state index contributed by atoms with van der Waals surface area (Å²) in [4.78, 5) is 30.5. The molecule has 0 aliphatic carbocycles. The number of rotatable bonds is 3. The van der Waals surface area contributed by atoms with E-state index in [0.717, 1.165) is 4.90 Å². The fourth-order valence-corrected chi connectivity index (χ4v) is 3.68. The summed E-state index contributed by atoms with van der Waals surface area (Å²) in [5, 5.41) is 10.0. The number of carbonyl (C=O) groups is 2. The van der Waals surface area contributed by atoms with Crippen molar-refractivity contribution < 1.29 is 33.0 Å². The highest BCUT2D eigenvalue weighted by Crippen LogP contribution is 2.44. The van der Waals surface area contributed by atoms with Crippen LogP contribution in [-0.4, -0.2) is 38.4 Å². The van der Waals surface area contributed by atoms with Gasteiger partial charge in [0.1, 0.15) is 11.9 Å². The van der Waals surface area contributed by atoms with Crippen molar-refractivity contribution in [1.82, 2.24) is 9.55 Å². The van der Waals surface area contributed by atoms with E-state index < -0.39 is 29.8 Å². The van der Waals surface area contributed by atoms with Crippen molar-refractivity contribution in [2.45, 2.75) is 52.1 Å². The second kappa shape index (κ2) is 7.80. The number of hydrogen-bond acceptors (Lipinski definition) is 6. The van der Waals surface area contributed by atoms with Crippen molar-refractivity contribution in [3.05, 3.63) is 53.9 Å². The summed E-state index contributed by atoms with van der Waals surface area (Å²) < 4.78 is 40.4. The Balaban J connectivity index is 1.82. The largest absolute Gasteiger partial charge is 0.483 e. The summed E-state index contributed by atoms with van der Waals surface area (Å²) in [7, 11) is 0. The number of fused-ring (bicyclic) bond motifs is 2. The molecular formula is C23H23F2N3O5. The number of anilines is 1. The van der Waals surface area contributed by atoms with E-state index in [-0.39, 0.29) is 23.5 Å². The highest BCUT2D eigenvalue weighted by molar-refractivity contribution is 6.01. The Morgan fingerprint density at radius 1 is 1.24 bits per heavy atom. The summed E-state index contributed by atoms with van der Waals surface area (Å²) in [6.45, 7) is 6.28. The maximum Gasteiger partial charge on any atom is 0.483 e. The molecule has 1 aliphatic rings. The van der Waals surface area contributed by atoms with E-state index in [1.165, 1.54) is 30.0 Å². The van der Waals surface area contributed by atoms with Crippen molar-refractivity contribution in [3.8, 4) is 5.75 Å². The third-order valence-electron chi connectivity index (χ3n) is 5.06. The number of nitrogens with zero attached hydrogens (tertiary/aromatic N) is 3. The molecule has 10 heteroatoms. The fourth-order valence-electron chi connectivity index (χ4n) is 3.68. The summed E-state index contributed by atoms with van der Waals surface area (Å²) >= 11 is 0. The quantitative estimate of drug-likeness (QED) is 0.624. The number of carbonyl (C=O) groups excluding carboxylic acids is 2. The van der Waals surface area contributed by atoms with Gasteiger partial charge in [0, 0.05) is 5.56 Å². The third-order valence-corrected chi connectivity index (χ3v) is 5.06. The van der Waals surface area contributed by atoms with Crippen LogP contribution in [0.25, 0.3) is 11.0 Å². The molecule has 0 fully saturated rings. The highest BCUT2D eigenvalue weighted by Gasteiger charge is 2.51. The van der Waals surface area contributed by atoms with Crippen molar-refractivity contribution in [2.75, 3.05) is 4.90 Å². The number of alkyl halides is 2. The number of hydrogen-bond donors (Lipinski definition) is 1. The topological polar surface area (TPSA) is 93.9 Å². The molecule has 0 spiro atoms. The molecule has 33 heavy (non-hydrogen) atoms. The summed E-state index contributed by atoms with van der Waals surface area (Å²) in [5.74, 6) is -1.83. The van der Waals surface area contributed by atoms with Gasteiger partial charge >= 0.3 is 18.1 Å². The van der Waals surface area contributed by atoms with Gasteiger partial charge in [-0.2, -0.15) is 8.78 Å². The Labute approximate surface area is 188 Å². The number of ether oxygens (including phenoxy) is 2. The zero-order valence-electron chi connectivity index (χ0n) is 18.5. The zero-order valence-corrected chi connectivity index (χ0v) is 18.5. The van der Waals surface area contributed by atoms with Crippen LogP contribution in [0.4, 0.5) is 19.3 Å². The molecule has 1 aliphatic heterocycles. The lowest BCUT2D eigenvalue weighted by molar-refractivity contribution is -0.193. The fraction of sp³-hybridized carbons (Fsp3) is 0.348. The van der Waals surface area contributed by atoms with E-state index in [1.54, 1.807) is 45.0 Å². The van der Waals surface area contributed by atoms with Gasteiger partial charge in [0.25, 0.3) is 0 Å². The minimum absolute atomic E-state index is 0.0876. The minimum Gasteiger partial charge on any atom is -0.443 e. The van der Waals surface area contributed by atoms with E-state index >= 15 is 0 Å². The summed E-state index contributed by atoms with van der Waals surface area (Å²) in [5.41, 5.74) is 0.620. The monoisotopic (exact) mass is 459 g/mol. The first-order valence-electron chi connectivity index (χ1n) is 10.3. The molecular weight excluding hydrogens is 436 g/mol. The molecule has 0 radical (unpaired) electrons. The van der Waals surface area contributed by atoms with Gasteiger partial charge in [-0.1, -0.05) is 24.3 Å². The lowest BCUT2D eigenvalue weighted by Gasteiger charge is -2.35. The number of halogens is 2. The van der Waals surface area contributed by atoms with Gasteiger partial charge in [-0.25, -0.2) is 14.3 Å². The number of benzene rings is 2. The van der Waals surface area contributed by atoms with Crippen LogP contribution in [0.15, 0.2) is 42.7 Å². The van der Waals surface area contributed by atoms with E-state index in [4.69, 9.17) is 9.47 Å². The van der Waals surface area contributed by atoms with E-state index in [2.05, 4.69) is 4.98 Å². The number of aromatic nitrogens is 2. The first-order valence-corrected chi connectivity index (χ1v) is 10.3. The Morgan fingerprint density at radius 2 is 1.94 bits per heavy atom. The molecule has 1 amide bonds. The molecule has 1 N–H and O–H groups in total. The molecule has 1 atom stereocenters. The smallest absolute Gasteiger partial charge is 0.443 e. The van der Waals surface area contributed by atoms with Gasteiger partial charge in [0.05, 0.1) is 29.4 Å². The Morgan fingerprint density at radius 3 is 2.61 bits per heavy atom. The Hall–Kier alpha value is -3.53. The van der Waals surface area contributed by atoms with Crippen molar-refractivity contribution in [2.24, 2.45) is 0 Å². The van der Waals surface area contributed by atoms with Crippen LogP contribution in [0, 0.1) is 0 Å². The van der Waals surface area contributed by atoms with Crippen LogP contribution in [0.1, 0.15) is 44.9 Å². The van der Waals surface area contributed by atoms with Crippen LogP contribution in [0.3, 0.4) is 0 Å². The van der Waals surface area contributed by atoms with Gasteiger partial charge in [0.15, 0.2) is 5.75 Å². The maximum absolute atomic E-state index is 14.5. The summed E-state index contributed by atoms with van der Waals surface area (Å²) in [6.07, 6.45) is -4.62. The third kappa shape index (κ3) is 4.13. The second-order valence-electron chi connectivity index (χ2n) is 8.76. The molecule has 0 bridgehead atoms. The normalized spacial score (nSPS) is 16.3. The molecule has 2 aromatic carbocycles. The minimum atomic E-state index is -4.13. The number of aliphatic hydroxyl groups excluding tert-OH is 1. The Kier molecular flexibility index (Phi) is 5.36. The molecule has 174 valence electrons. The average molecular weight is 459 g/mol. The summed E-state index contributed by atoms with van der Waals surface area (Å²) in [6, 6.07) is 9.38. The first-order chi connectivity index (χ1) is 15.4. The number of aliphatic hydroxyl groups is 1. The number of amides is 1. The SMILES string of the molecule is C[C@H](O)c1cccc2c1OC(F)(F)C(=O)N2Cc1cccc2ncn(C(=O)OC(C)(C)C)c12. The van der Waals surface area contributed by atoms with Crippen molar-refractivity contribution >= 4 is 28.7 Å². The van der Waals surface area contributed by atoms with Gasteiger partial charge in [-0.15, -0.1) is 0 Å². The van der Waals surface area contributed by atoms with E-state index in [1.807, 2.05) is 0 Å². The molecule has 1 aromatic heterocycles. The lowest BCUT2D eigenvalue weighted by atomic mass is 10.0. The number of imidazole rings is 1. The molecule has 3 aromatic rings. The first kappa shape index (κ1) is 22.7. The van der Waals surface area contributed by atoms with Crippen molar-refractivity contribution in [1.29, 1.82) is 0 Å². The molecule has 8 nitrogen and oxygen atoms in total. The molecule has 0 saturated heterocycles.